The smallest absolute Gasteiger partial charge is 0.416 e. The number of alkyl halides is 3. The standard InChI is InChI=1S/C22H20F3N3O3/c1-2-30-18-9-4-3-8-17(18)20-26-21(31-27-20)15-11-19(29)28(13-15)12-14-6-5-7-16(10-14)22(23,24)25/h3-10,15H,2,11-13H2,1H3. The maximum Gasteiger partial charge on any atom is 0.416 e. The molecule has 1 amide bonds. The average Bonchev–Trinajstić information content (AvgIpc) is 3.36. The molecule has 1 unspecified atom stereocenters. The van der Waals surface area contributed by atoms with Gasteiger partial charge in [-0.3, -0.25) is 4.79 Å². The van der Waals surface area contributed by atoms with Crippen LogP contribution >= 0.6 is 0 Å². The Hall–Kier alpha value is -3.36. The van der Waals surface area contributed by atoms with Gasteiger partial charge in [0.25, 0.3) is 0 Å². The van der Waals surface area contributed by atoms with E-state index in [4.69, 9.17) is 9.26 Å². The number of nitrogens with zero attached hydrogens (tertiary/aromatic N) is 3. The largest absolute Gasteiger partial charge is 0.493 e. The van der Waals surface area contributed by atoms with Crippen LogP contribution in [0.2, 0.25) is 0 Å². The molecule has 1 aromatic heterocycles. The fourth-order valence-electron chi connectivity index (χ4n) is 3.60. The third kappa shape index (κ3) is 4.55. The van der Waals surface area contributed by atoms with Crippen LogP contribution < -0.4 is 4.74 Å². The topological polar surface area (TPSA) is 68.5 Å². The number of carbonyl (C=O) groups is 1. The molecule has 0 spiro atoms. The van der Waals surface area contributed by atoms with Gasteiger partial charge < -0.3 is 14.2 Å². The van der Waals surface area contributed by atoms with Gasteiger partial charge in [0.2, 0.25) is 17.6 Å². The molecule has 1 saturated heterocycles. The minimum atomic E-state index is -4.43. The second kappa shape index (κ2) is 8.41. The molecule has 4 rings (SSSR count). The van der Waals surface area contributed by atoms with Gasteiger partial charge in [0, 0.05) is 19.5 Å². The average molecular weight is 431 g/mol. The summed E-state index contributed by atoms with van der Waals surface area (Å²) < 4.78 is 49.8. The molecule has 1 fully saturated rings. The molecule has 162 valence electrons. The quantitative estimate of drug-likeness (QED) is 0.567. The van der Waals surface area contributed by atoms with Crippen LogP contribution in [0.3, 0.4) is 0 Å². The first-order chi connectivity index (χ1) is 14.8. The summed E-state index contributed by atoms with van der Waals surface area (Å²) in [4.78, 5) is 18.4. The normalized spacial score (nSPS) is 16.7. The predicted molar refractivity (Wildman–Crippen MR) is 105 cm³/mol. The van der Waals surface area contributed by atoms with Crippen molar-refractivity contribution in [3.05, 3.63) is 65.5 Å². The Morgan fingerprint density at radius 3 is 2.77 bits per heavy atom. The highest BCUT2D eigenvalue weighted by Gasteiger charge is 2.35. The van der Waals surface area contributed by atoms with Gasteiger partial charge in [-0.1, -0.05) is 29.4 Å². The maximum atomic E-state index is 12.9. The van der Waals surface area contributed by atoms with Crippen molar-refractivity contribution in [3.8, 4) is 17.1 Å². The van der Waals surface area contributed by atoms with Crippen molar-refractivity contribution in [1.29, 1.82) is 0 Å². The lowest BCUT2D eigenvalue weighted by Crippen LogP contribution is -2.24. The van der Waals surface area contributed by atoms with Gasteiger partial charge in [0.05, 0.1) is 23.7 Å². The molecule has 2 heterocycles. The lowest BCUT2D eigenvalue weighted by Gasteiger charge is -2.17. The van der Waals surface area contributed by atoms with Crippen LogP contribution in [-0.2, 0) is 17.5 Å². The molecule has 0 radical (unpaired) electrons. The molecule has 2 aromatic carbocycles. The number of hydrogen-bond donors (Lipinski definition) is 0. The highest BCUT2D eigenvalue weighted by atomic mass is 19.4. The van der Waals surface area contributed by atoms with Crippen LogP contribution in [0.5, 0.6) is 5.75 Å². The fourth-order valence-corrected chi connectivity index (χ4v) is 3.60. The molecular weight excluding hydrogens is 411 g/mol. The highest BCUT2D eigenvalue weighted by Crippen LogP contribution is 2.33. The predicted octanol–water partition coefficient (Wildman–Crippen LogP) is 4.67. The zero-order chi connectivity index (χ0) is 22.0. The van der Waals surface area contributed by atoms with Crippen molar-refractivity contribution in [2.45, 2.75) is 32.0 Å². The first-order valence-corrected chi connectivity index (χ1v) is 9.85. The summed E-state index contributed by atoms with van der Waals surface area (Å²) in [6.45, 7) is 2.75. The second-order valence-electron chi connectivity index (χ2n) is 7.26. The highest BCUT2D eigenvalue weighted by molar-refractivity contribution is 5.79. The number of aromatic nitrogens is 2. The number of ether oxygens (including phenoxy) is 1. The second-order valence-corrected chi connectivity index (χ2v) is 7.26. The molecule has 0 bridgehead atoms. The zero-order valence-electron chi connectivity index (χ0n) is 16.7. The van der Waals surface area contributed by atoms with E-state index in [0.717, 1.165) is 12.1 Å². The molecule has 1 atom stereocenters. The Balaban J connectivity index is 1.48. The van der Waals surface area contributed by atoms with E-state index < -0.39 is 11.7 Å². The number of para-hydroxylation sites is 1. The van der Waals surface area contributed by atoms with E-state index in [9.17, 15) is 18.0 Å². The monoisotopic (exact) mass is 431 g/mol. The molecule has 0 saturated carbocycles. The van der Waals surface area contributed by atoms with Crippen molar-refractivity contribution >= 4 is 5.91 Å². The summed E-state index contributed by atoms with van der Waals surface area (Å²) in [5, 5.41) is 4.03. The fraction of sp³-hybridized carbons (Fsp3) is 0.318. The van der Waals surface area contributed by atoms with Crippen molar-refractivity contribution in [3.63, 3.8) is 0 Å². The van der Waals surface area contributed by atoms with Gasteiger partial charge in [-0.05, 0) is 36.8 Å². The molecule has 9 heteroatoms. The third-order valence-electron chi connectivity index (χ3n) is 5.06. The maximum absolute atomic E-state index is 12.9. The summed E-state index contributed by atoms with van der Waals surface area (Å²) in [5.41, 5.74) is 0.368. The van der Waals surface area contributed by atoms with Crippen molar-refractivity contribution < 1.29 is 27.2 Å². The molecule has 6 nitrogen and oxygen atoms in total. The number of amides is 1. The van der Waals surface area contributed by atoms with Crippen LogP contribution in [0.25, 0.3) is 11.4 Å². The minimum Gasteiger partial charge on any atom is -0.493 e. The number of benzene rings is 2. The first kappa shape index (κ1) is 20.9. The molecule has 1 aliphatic heterocycles. The van der Waals surface area contributed by atoms with Crippen LogP contribution in [0.15, 0.2) is 53.1 Å². The van der Waals surface area contributed by atoms with Crippen LogP contribution in [0.1, 0.15) is 36.3 Å². The lowest BCUT2D eigenvalue weighted by molar-refractivity contribution is -0.137. The number of halogens is 3. The van der Waals surface area contributed by atoms with Crippen LogP contribution in [-0.4, -0.2) is 34.1 Å². The van der Waals surface area contributed by atoms with E-state index in [-0.39, 0.29) is 24.8 Å². The summed E-state index contributed by atoms with van der Waals surface area (Å²) in [5.74, 6) is 0.825. The van der Waals surface area contributed by atoms with Gasteiger partial charge >= 0.3 is 6.18 Å². The SMILES string of the molecule is CCOc1ccccc1-c1noc(C2CC(=O)N(Cc3cccc(C(F)(F)F)c3)C2)n1. The molecule has 31 heavy (non-hydrogen) atoms. The van der Waals surface area contributed by atoms with Gasteiger partial charge in [-0.2, -0.15) is 18.2 Å². The summed E-state index contributed by atoms with van der Waals surface area (Å²) in [7, 11) is 0. The first-order valence-electron chi connectivity index (χ1n) is 9.85. The van der Waals surface area contributed by atoms with E-state index in [1.54, 1.807) is 6.07 Å². The Labute approximate surface area is 176 Å². The number of rotatable bonds is 6. The van der Waals surface area contributed by atoms with Crippen LogP contribution in [0, 0.1) is 0 Å². The summed E-state index contributed by atoms with van der Waals surface area (Å²) in [6, 6.07) is 12.3. The zero-order valence-corrected chi connectivity index (χ0v) is 16.7. The number of hydrogen-bond acceptors (Lipinski definition) is 5. The van der Waals surface area contributed by atoms with E-state index in [0.29, 0.717) is 41.7 Å². The van der Waals surface area contributed by atoms with E-state index in [1.165, 1.54) is 11.0 Å². The van der Waals surface area contributed by atoms with E-state index >= 15 is 0 Å². The Morgan fingerprint density at radius 1 is 1.19 bits per heavy atom. The van der Waals surface area contributed by atoms with Gasteiger partial charge in [-0.25, -0.2) is 0 Å². The van der Waals surface area contributed by atoms with E-state index in [2.05, 4.69) is 10.1 Å². The van der Waals surface area contributed by atoms with Gasteiger partial charge in [-0.15, -0.1) is 0 Å². The van der Waals surface area contributed by atoms with Gasteiger partial charge in [0.1, 0.15) is 5.75 Å². The molecule has 0 N–H and O–H groups in total. The Bertz CT molecular complexity index is 1080. The third-order valence-corrected chi connectivity index (χ3v) is 5.06. The summed E-state index contributed by atoms with van der Waals surface area (Å²) in [6.07, 6.45) is -4.26. The van der Waals surface area contributed by atoms with Crippen molar-refractivity contribution in [2.75, 3.05) is 13.2 Å². The molecule has 3 aromatic rings. The van der Waals surface area contributed by atoms with Crippen LogP contribution in [0.4, 0.5) is 13.2 Å². The Kier molecular flexibility index (Phi) is 5.67. The van der Waals surface area contributed by atoms with E-state index in [1.807, 2.05) is 31.2 Å². The minimum absolute atomic E-state index is 0.0907. The molecule has 0 aliphatic carbocycles. The molecule has 1 aliphatic rings. The summed E-state index contributed by atoms with van der Waals surface area (Å²) >= 11 is 0. The van der Waals surface area contributed by atoms with Crippen molar-refractivity contribution in [1.82, 2.24) is 15.0 Å². The molecular formula is C22H20F3N3O3. The number of likely N-dealkylation sites (tertiary alicyclic amines) is 1. The lowest BCUT2D eigenvalue weighted by atomic mass is 10.1. The Morgan fingerprint density at radius 2 is 2.00 bits per heavy atom. The van der Waals surface area contributed by atoms with Crippen molar-refractivity contribution in [2.24, 2.45) is 0 Å². The number of carbonyl (C=O) groups excluding carboxylic acids is 1. The van der Waals surface area contributed by atoms with Gasteiger partial charge in [0.15, 0.2) is 0 Å².